The van der Waals surface area contributed by atoms with Crippen molar-refractivity contribution in [2.24, 2.45) is 5.92 Å². The van der Waals surface area contributed by atoms with E-state index in [2.05, 4.69) is 42.1 Å². The molecule has 0 aliphatic rings. The first-order valence-corrected chi connectivity index (χ1v) is 6.80. The second-order valence-electron chi connectivity index (χ2n) is 4.74. The molecule has 1 atom stereocenters. The van der Waals surface area contributed by atoms with Gasteiger partial charge in [0, 0.05) is 22.7 Å². The summed E-state index contributed by atoms with van der Waals surface area (Å²) in [6, 6.07) is 2.66. The van der Waals surface area contributed by atoms with Crippen molar-refractivity contribution in [2.45, 2.75) is 33.2 Å². The van der Waals surface area contributed by atoms with Crippen LogP contribution in [0.5, 0.6) is 0 Å². The van der Waals surface area contributed by atoms with Gasteiger partial charge in [-0.25, -0.2) is 9.97 Å². The Morgan fingerprint density at radius 1 is 1.35 bits per heavy atom. The van der Waals surface area contributed by atoms with Gasteiger partial charge >= 0.3 is 0 Å². The zero-order valence-corrected chi connectivity index (χ0v) is 11.6. The van der Waals surface area contributed by atoms with Crippen molar-refractivity contribution in [2.75, 3.05) is 7.05 Å². The summed E-state index contributed by atoms with van der Waals surface area (Å²) in [6.07, 6.45) is 2.64. The average molecular weight is 249 g/mol. The lowest BCUT2D eigenvalue weighted by Crippen LogP contribution is -2.33. The lowest BCUT2D eigenvalue weighted by Gasteiger charge is -2.19. The zero-order chi connectivity index (χ0) is 12.4. The first-order chi connectivity index (χ1) is 8.11. The van der Waals surface area contributed by atoms with Gasteiger partial charge in [0.05, 0.1) is 5.69 Å². The number of hydrogen-bond donors (Lipinski definition) is 1. The number of fused-ring (bicyclic) bond motifs is 1. The van der Waals surface area contributed by atoms with Crippen molar-refractivity contribution in [1.29, 1.82) is 0 Å². The summed E-state index contributed by atoms with van der Waals surface area (Å²) < 4.78 is 0. The van der Waals surface area contributed by atoms with Crippen LogP contribution < -0.4 is 5.32 Å². The molecule has 1 N–H and O–H groups in total. The molecule has 2 aromatic heterocycles. The Morgan fingerprint density at radius 2 is 2.12 bits per heavy atom. The molecule has 0 radical (unpaired) electrons. The second-order valence-corrected chi connectivity index (χ2v) is 5.97. The normalized spacial score (nSPS) is 13.5. The van der Waals surface area contributed by atoms with Gasteiger partial charge in [-0.3, -0.25) is 0 Å². The van der Waals surface area contributed by atoms with Crippen molar-refractivity contribution in [3.8, 4) is 0 Å². The smallest absolute Gasteiger partial charge is 0.127 e. The van der Waals surface area contributed by atoms with Gasteiger partial charge in [-0.1, -0.05) is 13.8 Å². The molecule has 4 heteroatoms. The molecule has 0 aromatic carbocycles. The molecule has 0 amide bonds. The summed E-state index contributed by atoms with van der Waals surface area (Å²) in [5.41, 5.74) is 1.16. The summed E-state index contributed by atoms with van der Waals surface area (Å²) >= 11 is 1.74. The Labute approximate surface area is 106 Å². The molecular formula is C13H19N3S. The van der Waals surface area contributed by atoms with E-state index in [-0.39, 0.29) is 0 Å². The molecule has 1 unspecified atom stereocenters. The van der Waals surface area contributed by atoms with Crippen LogP contribution in [0, 0.1) is 12.8 Å². The number of thiophene rings is 1. The van der Waals surface area contributed by atoms with Gasteiger partial charge < -0.3 is 5.32 Å². The molecule has 0 aliphatic carbocycles. The first kappa shape index (κ1) is 12.5. The molecule has 0 saturated heterocycles. The Kier molecular flexibility index (Phi) is 3.74. The zero-order valence-electron chi connectivity index (χ0n) is 10.8. The highest BCUT2D eigenvalue weighted by atomic mass is 32.1. The monoisotopic (exact) mass is 249 g/mol. The molecular weight excluding hydrogens is 230 g/mol. The van der Waals surface area contributed by atoms with Crippen molar-refractivity contribution >= 4 is 21.6 Å². The standard InChI is InChI=1S/C13H19N3S/c1-8(2)11(14-4)6-12-10-5-9(3)17-13(10)16-7-15-12/h5,7-8,11,14H,6H2,1-4H3. The van der Waals surface area contributed by atoms with Crippen LogP contribution in [-0.2, 0) is 6.42 Å². The minimum atomic E-state index is 0.466. The fourth-order valence-electron chi connectivity index (χ4n) is 2.07. The molecule has 3 nitrogen and oxygen atoms in total. The van der Waals surface area contributed by atoms with E-state index in [1.807, 2.05) is 7.05 Å². The van der Waals surface area contributed by atoms with Gasteiger partial charge in [0.1, 0.15) is 11.2 Å². The van der Waals surface area contributed by atoms with Crippen molar-refractivity contribution < 1.29 is 0 Å². The number of aromatic nitrogens is 2. The van der Waals surface area contributed by atoms with Gasteiger partial charge in [-0.15, -0.1) is 11.3 Å². The maximum Gasteiger partial charge on any atom is 0.127 e. The Balaban J connectivity index is 2.34. The number of aryl methyl sites for hydroxylation is 1. The predicted octanol–water partition coefficient (Wildman–Crippen LogP) is 2.79. The minimum Gasteiger partial charge on any atom is -0.316 e. The van der Waals surface area contributed by atoms with Gasteiger partial charge in [-0.05, 0) is 26.0 Å². The summed E-state index contributed by atoms with van der Waals surface area (Å²) in [5, 5.41) is 4.58. The summed E-state index contributed by atoms with van der Waals surface area (Å²) in [4.78, 5) is 11.2. The summed E-state index contributed by atoms with van der Waals surface area (Å²) in [6.45, 7) is 6.59. The molecule has 2 aromatic rings. The third-order valence-corrected chi connectivity index (χ3v) is 4.08. The Morgan fingerprint density at radius 3 is 2.76 bits per heavy atom. The molecule has 0 saturated carbocycles. The third kappa shape index (κ3) is 2.64. The summed E-state index contributed by atoms with van der Waals surface area (Å²) in [7, 11) is 2.02. The van der Waals surface area contributed by atoms with Crippen LogP contribution in [0.2, 0.25) is 0 Å². The lowest BCUT2D eigenvalue weighted by atomic mass is 9.98. The number of nitrogens with one attached hydrogen (secondary N) is 1. The molecule has 2 heterocycles. The topological polar surface area (TPSA) is 37.8 Å². The Hall–Kier alpha value is -1.00. The molecule has 92 valence electrons. The lowest BCUT2D eigenvalue weighted by molar-refractivity contribution is 0.422. The van der Waals surface area contributed by atoms with Crippen LogP contribution >= 0.6 is 11.3 Å². The average Bonchev–Trinajstić information content (AvgIpc) is 2.66. The molecule has 0 fully saturated rings. The second kappa shape index (κ2) is 5.10. The molecule has 0 bridgehead atoms. The van der Waals surface area contributed by atoms with Crippen LogP contribution in [0.25, 0.3) is 10.2 Å². The van der Waals surface area contributed by atoms with Crippen molar-refractivity contribution in [1.82, 2.24) is 15.3 Å². The maximum atomic E-state index is 4.45. The van der Waals surface area contributed by atoms with Crippen LogP contribution in [-0.4, -0.2) is 23.1 Å². The van der Waals surface area contributed by atoms with Crippen molar-refractivity contribution in [3.63, 3.8) is 0 Å². The SMILES string of the molecule is CNC(Cc1ncnc2sc(C)cc12)C(C)C. The largest absolute Gasteiger partial charge is 0.316 e. The van der Waals surface area contributed by atoms with E-state index in [1.54, 1.807) is 17.7 Å². The first-order valence-electron chi connectivity index (χ1n) is 5.99. The predicted molar refractivity (Wildman–Crippen MR) is 73.5 cm³/mol. The Bertz CT molecular complexity index is 504. The fourth-order valence-corrected chi connectivity index (χ4v) is 2.94. The highest BCUT2D eigenvalue weighted by Gasteiger charge is 2.15. The third-order valence-electron chi connectivity index (χ3n) is 3.12. The highest BCUT2D eigenvalue weighted by molar-refractivity contribution is 7.18. The van der Waals surface area contributed by atoms with E-state index < -0.39 is 0 Å². The highest BCUT2D eigenvalue weighted by Crippen LogP contribution is 2.25. The number of nitrogens with zero attached hydrogens (tertiary/aromatic N) is 2. The number of hydrogen-bond acceptors (Lipinski definition) is 4. The van der Waals surface area contributed by atoms with E-state index in [4.69, 9.17) is 0 Å². The summed E-state index contributed by atoms with van der Waals surface area (Å²) in [5.74, 6) is 0.602. The molecule has 0 aliphatic heterocycles. The number of rotatable bonds is 4. The van der Waals surface area contributed by atoms with Gasteiger partial charge in [0.2, 0.25) is 0 Å². The molecule has 2 rings (SSSR count). The fraction of sp³-hybridized carbons (Fsp3) is 0.538. The molecule has 0 spiro atoms. The van der Waals surface area contributed by atoms with E-state index in [0.29, 0.717) is 12.0 Å². The van der Waals surface area contributed by atoms with E-state index in [0.717, 1.165) is 16.9 Å². The quantitative estimate of drug-likeness (QED) is 0.905. The van der Waals surface area contributed by atoms with Crippen LogP contribution in [0.3, 0.4) is 0 Å². The van der Waals surface area contributed by atoms with Crippen molar-refractivity contribution in [3.05, 3.63) is 23.0 Å². The molecule has 17 heavy (non-hydrogen) atoms. The van der Waals surface area contributed by atoms with E-state index in [9.17, 15) is 0 Å². The van der Waals surface area contributed by atoms with E-state index in [1.165, 1.54) is 10.3 Å². The van der Waals surface area contributed by atoms with Crippen LogP contribution in [0.1, 0.15) is 24.4 Å². The number of likely N-dealkylation sites (N-methyl/N-ethyl adjacent to an activating group) is 1. The van der Waals surface area contributed by atoms with E-state index >= 15 is 0 Å². The van der Waals surface area contributed by atoms with Crippen LogP contribution in [0.15, 0.2) is 12.4 Å². The van der Waals surface area contributed by atoms with Crippen LogP contribution in [0.4, 0.5) is 0 Å². The van der Waals surface area contributed by atoms with Gasteiger partial charge in [0.25, 0.3) is 0 Å². The van der Waals surface area contributed by atoms with Gasteiger partial charge in [0.15, 0.2) is 0 Å². The van der Waals surface area contributed by atoms with Gasteiger partial charge in [-0.2, -0.15) is 0 Å². The minimum absolute atomic E-state index is 0.466. The maximum absolute atomic E-state index is 4.45.